The fourth-order valence-corrected chi connectivity index (χ4v) is 2.80. The third-order valence-electron chi connectivity index (χ3n) is 3.98. The van der Waals surface area contributed by atoms with Crippen molar-refractivity contribution in [3.05, 3.63) is 35.7 Å². The van der Waals surface area contributed by atoms with E-state index in [1.54, 1.807) is 25.1 Å². The van der Waals surface area contributed by atoms with Crippen molar-refractivity contribution >= 4 is 5.91 Å². The number of hydrogen-bond donors (Lipinski definition) is 2. The molecule has 1 aromatic heterocycles. The van der Waals surface area contributed by atoms with Crippen LogP contribution in [0.5, 0.6) is 0 Å². The molecule has 0 saturated heterocycles. The number of hydrogen-bond acceptors (Lipinski definition) is 5. The highest BCUT2D eigenvalue weighted by atomic mass is 16.5. The maximum Gasteiger partial charge on any atom is 0.258 e. The van der Waals surface area contributed by atoms with Crippen molar-refractivity contribution in [3.8, 4) is 11.5 Å². The fourth-order valence-electron chi connectivity index (χ4n) is 2.80. The van der Waals surface area contributed by atoms with Crippen LogP contribution in [-0.2, 0) is 0 Å². The van der Waals surface area contributed by atoms with Crippen molar-refractivity contribution < 1.29 is 14.4 Å². The van der Waals surface area contributed by atoms with Crippen molar-refractivity contribution in [2.45, 2.75) is 44.8 Å². The Balaban J connectivity index is 1.83. The number of nitrogens with zero attached hydrogens (tertiary/aromatic N) is 2. The highest BCUT2D eigenvalue weighted by molar-refractivity contribution is 6.00. The number of rotatable bonds is 3. The minimum atomic E-state index is -0.476. The largest absolute Gasteiger partial charge is 0.391 e. The Morgan fingerprint density at radius 1 is 1.32 bits per heavy atom. The highest BCUT2D eigenvalue weighted by Crippen LogP contribution is 2.23. The Labute approximate surface area is 128 Å². The van der Waals surface area contributed by atoms with Crippen LogP contribution in [0, 0.1) is 6.92 Å². The molecule has 2 aromatic rings. The summed E-state index contributed by atoms with van der Waals surface area (Å²) in [7, 11) is 0. The Hall–Kier alpha value is -2.21. The maximum absolute atomic E-state index is 12.5. The third kappa shape index (κ3) is 3.01. The molecule has 116 valence electrons. The van der Waals surface area contributed by atoms with Crippen molar-refractivity contribution in [2.75, 3.05) is 0 Å². The van der Waals surface area contributed by atoms with Gasteiger partial charge in [-0.1, -0.05) is 30.1 Å². The molecule has 22 heavy (non-hydrogen) atoms. The zero-order valence-electron chi connectivity index (χ0n) is 12.5. The number of benzene rings is 1. The Kier molecular flexibility index (Phi) is 4.20. The van der Waals surface area contributed by atoms with Crippen molar-refractivity contribution in [1.29, 1.82) is 0 Å². The van der Waals surface area contributed by atoms with E-state index in [1.165, 1.54) is 0 Å². The number of aryl methyl sites for hydroxylation is 1. The molecule has 0 radical (unpaired) electrons. The quantitative estimate of drug-likeness (QED) is 0.906. The van der Waals surface area contributed by atoms with E-state index < -0.39 is 6.10 Å². The minimum Gasteiger partial charge on any atom is -0.391 e. The number of carbonyl (C=O) groups excluding carboxylic acids is 1. The molecule has 2 unspecified atom stereocenters. The molecule has 1 amide bonds. The Bertz CT molecular complexity index is 668. The molecule has 1 aromatic carbocycles. The first-order chi connectivity index (χ1) is 10.6. The van der Waals surface area contributed by atoms with Crippen LogP contribution >= 0.6 is 0 Å². The van der Waals surface area contributed by atoms with Gasteiger partial charge in [-0.3, -0.25) is 4.79 Å². The van der Waals surface area contributed by atoms with Crippen molar-refractivity contribution in [2.24, 2.45) is 0 Å². The monoisotopic (exact) mass is 301 g/mol. The van der Waals surface area contributed by atoms with Crippen LogP contribution in [0.2, 0.25) is 0 Å². The molecular formula is C16H19N3O3. The third-order valence-corrected chi connectivity index (χ3v) is 3.98. The van der Waals surface area contributed by atoms with E-state index in [2.05, 4.69) is 15.5 Å². The number of amides is 1. The second kappa shape index (κ2) is 6.27. The van der Waals surface area contributed by atoms with Gasteiger partial charge in [-0.2, -0.15) is 4.98 Å². The minimum absolute atomic E-state index is 0.196. The summed E-state index contributed by atoms with van der Waals surface area (Å²) in [5.74, 6) is 0.623. The van der Waals surface area contributed by atoms with E-state index in [9.17, 15) is 9.90 Å². The van der Waals surface area contributed by atoms with E-state index in [0.29, 0.717) is 22.8 Å². The summed E-state index contributed by atoms with van der Waals surface area (Å²) >= 11 is 0. The summed E-state index contributed by atoms with van der Waals surface area (Å²) < 4.78 is 5.16. The molecule has 0 spiro atoms. The molecule has 1 fully saturated rings. The average Bonchev–Trinajstić information content (AvgIpc) is 2.96. The SMILES string of the molecule is Cc1noc(-c2ccccc2C(=O)NC2CCCCC2O)n1. The van der Waals surface area contributed by atoms with E-state index in [0.717, 1.165) is 25.7 Å². The fraction of sp³-hybridized carbons (Fsp3) is 0.438. The first kappa shape index (κ1) is 14.7. The van der Waals surface area contributed by atoms with Gasteiger partial charge < -0.3 is 14.9 Å². The zero-order valence-corrected chi connectivity index (χ0v) is 12.5. The molecule has 1 aliphatic carbocycles. The normalized spacial score (nSPS) is 21.5. The molecule has 2 atom stereocenters. The smallest absolute Gasteiger partial charge is 0.258 e. The summed E-state index contributed by atoms with van der Waals surface area (Å²) in [5.41, 5.74) is 1.08. The van der Waals surface area contributed by atoms with Gasteiger partial charge in [-0.15, -0.1) is 0 Å². The van der Waals surface area contributed by atoms with Gasteiger partial charge >= 0.3 is 0 Å². The Morgan fingerprint density at radius 2 is 2.09 bits per heavy atom. The first-order valence-electron chi connectivity index (χ1n) is 7.54. The summed E-state index contributed by atoms with van der Waals surface area (Å²) in [6.45, 7) is 1.73. The number of carbonyl (C=O) groups is 1. The van der Waals surface area contributed by atoms with Crippen molar-refractivity contribution in [1.82, 2.24) is 15.5 Å². The van der Waals surface area contributed by atoms with E-state index in [-0.39, 0.29) is 11.9 Å². The summed E-state index contributed by atoms with van der Waals surface area (Å²) in [6, 6.07) is 6.91. The molecule has 1 aliphatic rings. The number of nitrogens with one attached hydrogen (secondary N) is 1. The second-order valence-electron chi connectivity index (χ2n) is 5.62. The first-order valence-corrected chi connectivity index (χ1v) is 7.54. The van der Waals surface area contributed by atoms with Crippen molar-refractivity contribution in [3.63, 3.8) is 0 Å². The predicted octanol–water partition coefficient (Wildman–Crippen LogP) is 2.08. The van der Waals surface area contributed by atoms with Gasteiger partial charge in [0.2, 0.25) is 0 Å². The van der Waals surface area contributed by atoms with Gasteiger partial charge in [0.05, 0.1) is 23.3 Å². The predicted molar refractivity (Wildman–Crippen MR) is 80.2 cm³/mol. The van der Waals surface area contributed by atoms with Crippen LogP contribution in [0.4, 0.5) is 0 Å². The number of aliphatic hydroxyl groups excluding tert-OH is 1. The summed E-state index contributed by atoms with van der Waals surface area (Å²) in [4.78, 5) is 16.7. The van der Waals surface area contributed by atoms with E-state index in [4.69, 9.17) is 4.52 Å². The van der Waals surface area contributed by atoms with Crippen LogP contribution in [0.15, 0.2) is 28.8 Å². The van der Waals surface area contributed by atoms with E-state index >= 15 is 0 Å². The Morgan fingerprint density at radius 3 is 2.82 bits per heavy atom. The van der Waals surface area contributed by atoms with Gasteiger partial charge in [0.1, 0.15) is 0 Å². The van der Waals surface area contributed by atoms with Crippen LogP contribution in [0.1, 0.15) is 41.9 Å². The molecule has 6 nitrogen and oxygen atoms in total. The molecule has 0 bridgehead atoms. The lowest BCUT2D eigenvalue weighted by Crippen LogP contribution is -2.45. The van der Waals surface area contributed by atoms with E-state index in [1.807, 2.05) is 6.07 Å². The van der Waals surface area contributed by atoms with Crippen LogP contribution in [0.3, 0.4) is 0 Å². The lowest BCUT2D eigenvalue weighted by atomic mass is 9.92. The van der Waals surface area contributed by atoms with Gasteiger partial charge in [0.25, 0.3) is 11.8 Å². The van der Waals surface area contributed by atoms with Crippen LogP contribution in [0.25, 0.3) is 11.5 Å². The van der Waals surface area contributed by atoms with Gasteiger partial charge in [0.15, 0.2) is 5.82 Å². The van der Waals surface area contributed by atoms with Crippen LogP contribution < -0.4 is 5.32 Å². The lowest BCUT2D eigenvalue weighted by molar-refractivity contribution is 0.0717. The molecule has 1 heterocycles. The molecule has 1 saturated carbocycles. The number of aromatic nitrogens is 2. The molecule has 2 N–H and O–H groups in total. The molecule has 6 heteroatoms. The van der Waals surface area contributed by atoms with Gasteiger partial charge in [-0.05, 0) is 31.9 Å². The average molecular weight is 301 g/mol. The van der Waals surface area contributed by atoms with Crippen LogP contribution in [-0.4, -0.2) is 33.3 Å². The van der Waals surface area contributed by atoms with Gasteiger partial charge in [-0.25, -0.2) is 0 Å². The standard InChI is InChI=1S/C16H19N3O3/c1-10-17-16(22-19-10)12-7-3-2-6-11(12)15(21)18-13-8-4-5-9-14(13)20/h2-3,6-7,13-14,20H,4-5,8-9H2,1H3,(H,18,21). The zero-order chi connectivity index (χ0) is 15.5. The second-order valence-corrected chi connectivity index (χ2v) is 5.62. The highest BCUT2D eigenvalue weighted by Gasteiger charge is 2.26. The summed E-state index contributed by atoms with van der Waals surface area (Å²) in [6.07, 6.45) is 3.08. The molecular weight excluding hydrogens is 282 g/mol. The summed E-state index contributed by atoms with van der Waals surface area (Å²) in [5, 5.41) is 16.7. The topological polar surface area (TPSA) is 88.2 Å². The number of aliphatic hydroxyl groups is 1. The van der Waals surface area contributed by atoms with Gasteiger partial charge in [0, 0.05) is 0 Å². The molecule has 0 aliphatic heterocycles. The lowest BCUT2D eigenvalue weighted by Gasteiger charge is -2.28. The maximum atomic E-state index is 12.5. The molecule has 3 rings (SSSR count).